The molecule has 14 heteroatoms. The molecule has 0 aliphatic heterocycles. The maximum Gasteiger partial charge on any atom is 0.296 e. The standard InChI is InChI=1S/C20H17Cl2N7O4S/c1-11(30)25-17-6-13(28(2)3)4-5-16(17)26-27-20-12(9-23)10-24-29(20)18-7-15(22)19(8-14(18)21)34(31,32)33/h4-8,10H,1-3H3,(H,25,30)(H,31,32,33). The summed E-state index contributed by atoms with van der Waals surface area (Å²) in [7, 11) is -0.931. The lowest BCUT2D eigenvalue weighted by molar-refractivity contribution is -0.114. The molecule has 3 aromatic rings. The lowest BCUT2D eigenvalue weighted by Crippen LogP contribution is -2.10. The summed E-state index contributed by atoms with van der Waals surface area (Å²) in [5.41, 5.74) is 1.65. The number of amides is 1. The van der Waals surface area contributed by atoms with E-state index >= 15 is 0 Å². The number of carbonyl (C=O) groups is 1. The highest BCUT2D eigenvalue weighted by atomic mass is 35.5. The van der Waals surface area contributed by atoms with Crippen molar-refractivity contribution in [3.8, 4) is 11.8 Å². The molecule has 0 fully saturated rings. The Morgan fingerprint density at radius 3 is 2.50 bits per heavy atom. The van der Waals surface area contributed by atoms with Crippen molar-refractivity contribution in [1.82, 2.24) is 9.78 Å². The molecule has 0 radical (unpaired) electrons. The zero-order valence-corrected chi connectivity index (χ0v) is 20.3. The lowest BCUT2D eigenvalue weighted by Gasteiger charge is -2.15. The van der Waals surface area contributed by atoms with Gasteiger partial charge in [-0.1, -0.05) is 23.2 Å². The minimum atomic E-state index is -4.61. The van der Waals surface area contributed by atoms with Gasteiger partial charge < -0.3 is 10.2 Å². The Balaban J connectivity index is 2.13. The molecule has 1 heterocycles. The highest BCUT2D eigenvalue weighted by Gasteiger charge is 2.21. The van der Waals surface area contributed by atoms with Crippen LogP contribution in [0.1, 0.15) is 12.5 Å². The lowest BCUT2D eigenvalue weighted by atomic mass is 10.2. The molecular weight excluding hydrogens is 505 g/mol. The van der Waals surface area contributed by atoms with Crippen molar-refractivity contribution >= 4 is 62.1 Å². The number of hydrogen-bond acceptors (Lipinski definition) is 8. The van der Waals surface area contributed by atoms with Crippen LogP contribution in [-0.2, 0) is 14.9 Å². The van der Waals surface area contributed by atoms with Crippen molar-refractivity contribution in [2.45, 2.75) is 11.8 Å². The van der Waals surface area contributed by atoms with Crippen molar-refractivity contribution in [2.75, 3.05) is 24.3 Å². The summed E-state index contributed by atoms with van der Waals surface area (Å²) in [5, 5.41) is 24.1. The van der Waals surface area contributed by atoms with Crippen molar-refractivity contribution in [3.63, 3.8) is 0 Å². The van der Waals surface area contributed by atoms with Gasteiger partial charge in [0.25, 0.3) is 10.1 Å². The minimum absolute atomic E-state index is 0.0227. The summed E-state index contributed by atoms with van der Waals surface area (Å²) in [6.45, 7) is 1.36. The molecule has 2 N–H and O–H groups in total. The molecule has 0 atom stereocenters. The van der Waals surface area contributed by atoms with Crippen LogP contribution >= 0.6 is 23.2 Å². The van der Waals surface area contributed by atoms with Gasteiger partial charge >= 0.3 is 0 Å². The van der Waals surface area contributed by atoms with Gasteiger partial charge in [-0.25, -0.2) is 4.68 Å². The van der Waals surface area contributed by atoms with Crippen molar-refractivity contribution in [2.24, 2.45) is 10.2 Å². The molecule has 1 aromatic heterocycles. The van der Waals surface area contributed by atoms with E-state index in [-0.39, 0.29) is 33.0 Å². The van der Waals surface area contributed by atoms with Gasteiger partial charge in [-0.05, 0) is 30.3 Å². The van der Waals surface area contributed by atoms with Crippen LogP contribution in [0.4, 0.5) is 22.9 Å². The number of nitrogens with zero attached hydrogens (tertiary/aromatic N) is 6. The summed E-state index contributed by atoms with van der Waals surface area (Å²) in [4.78, 5) is 12.9. The third-order valence-corrected chi connectivity index (χ3v) is 6.05. The number of rotatable bonds is 6. The van der Waals surface area contributed by atoms with Gasteiger partial charge in [0.1, 0.15) is 22.2 Å². The predicted molar refractivity (Wildman–Crippen MR) is 127 cm³/mol. The number of nitrogens with one attached hydrogen (secondary N) is 1. The zero-order valence-electron chi connectivity index (χ0n) is 18.0. The topological polar surface area (TPSA) is 153 Å². The van der Waals surface area contributed by atoms with Crippen LogP contribution in [0.3, 0.4) is 0 Å². The number of nitriles is 1. The molecule has 11 nitrogen and oxygen atoms in total. The molecular formula is C20H17Cl2N7O4S. The summed E-state index contributed by atoms with van der Waals surface area (Å²) >= 11 is 12.2. The fraction of sp³-hybridized carbons (Fsp3) is 0.150. The summed E-state index contributed by atoms with van der Waals surface area (Å²) in [6, 6.07) is 9.18. The molecule has 0 aliphatic rings. The Bertz CT molecular complexity index is 1460. The maximum absolute atomic E-state index is 11.6. The third kappa shape index (κ3) is 5.35. The Hall–Kier alpha value is -3.50. The maximum atomic E-state index is 11.6. The summed E-state index contributed by atoms with van der Waals surface area (Å²) < 4.78 is 33.4. The van der Waals surface area contributed by atoms with Gasteiger partial charge in [0.15, 0.2) is 5.82 Å². The van der Waals surface area contributed by atoms with Gasteiger partial charge in [-0.15, -0.1) is 10.2 Å². The first-order chi connectivity index (χ1) is 15.9. The molecule has 2 aromatic carbocycles. The van der Waals surface area contributed by atoms with Crippen LogP contribution in [-0.4, -0.2) is 42.8 Å². The van der Waals surface area contributed by atoms with E-state index in [9.17, 15) is 23.0 Å². The van der Waals surface area contributed by atoms with Crippen LogP contribution in [0.25, 0.3) is 5.69 Å². The van der Waals surface area contributed by atoms with Crippen molar-refractivity contribution in [3.05, 3.63) is 52.1 Å². The van der Waals surface area contributed by atoms with Gasteiger partial charge in [0.2, 0.25) is 5.91 Å². The number of hydrogen-bond donors (Lipinski definition) is 2. The third-order valence-electron chi connectivity index (χ3n) is 4.43. The van der Waals surface area contributed by atoms with Crippen molar-refractivity contribution < 1.29 is 17.8 Å². The molecule has 0 saturated carbocycles. The number of aromatic nitrogens is 2. The van der Waals surface area contributed by atoms with E-state index < -0.39 is 15.0 Å². The SMILES string of the molecule is CC(=O)Nc1cc(N(C)C)ccc1N=Nc1c(C#N)cnn1-c1cc(Cl)c(S(=O)(=O)O)cc1Cl. The Morgan fingerprint density at radius 2 is 1.91 bits per heavy atom. The molecule has 1 amide bonds. The minimum Gasteiger partial charge on any atom is -0.378 e. The molecule has 0 saturated heterocycles. The van der Waals surface area contributed by atoms with Gasteiger partial charge in [-0.2, -0.15) is 18.8 Å². The summed E-state index contributed by atoms with van der Waals surface area (Å²) in [6.07, 6.45) is 1.22. The van der Waals surface area contributed by atoms with Crippen LogP contribution in [0.5, 0.6) is 0 Å². The smallest absolute Gasteiger partial charge is 0.296 e. The van der Waals surface area contributed by atoms with E-state index in [1.807, 2.05) is 25.1 Å². The first-order valence-electron chi connectivity index (χ1n) is 9.38. The fourth-order valence-corrected chi connectivity index (χ4v) is 4.18. The highest BCUT2D eigenvalue weighted by Crippen LogP contribution is 2.35. The van der Waals surface area contributed by atoms with Gasteiger partial charge in [0.05, 0.1) is 27.6 Å². The molecule has 3 rings (SSSR count). The Labute approximate surface area is 205 Å². The second-order valence-corrected chi connectivity index (χ2v) is 9.30. The monoisotopic (exact) mass is 521 g/mol. The number of benzene rings is 2. The molecule has 34 heavy (non-hydrogen) atoms. The number of anilines is 2. The molecule has 0 bridgehead atoms. The van der Waals surface area contributed by atoms with Crippen molar-refractivity contribution in [1.29, 1.82) is 5.26 Å². The fourth-order valence-electron chi connectivity index (χ4n) is 2.85. The quantitative estimate of drug-likeness (QED) is 0.350. The Kier molecular flexibility index (Phi) is 7.23. The molecule has 0 spiro atoms. The van der Waals surface area contributed by atoms with Crippen LogP contribution in [0.2, 0.25) is 10.0 Å². The average Bonchev–Trinajstić information content (AvgIpc) is 3.15. The van der Waals surface area contributed by atoms with Gasteiger partial charge in [-0.3, -0.25) is 9.35 Å². The second-order valence-electron chi connectivity index (χ2n) is 7.09. The predicted octanol–water partition coefficient (Wildman–Crippen LogP) is 4.74. The van der Waals surface area contributed by atoms with E-state index in [1.54, 1.807) is 18.2 Å². The number of halogens is 2. The van der Waals surface area contributed by atoms with Gasteiger partial charge in [0, 0.05) is 26.7 Å². The number of azo groups is 1. The van der Waals surface area contributed by atoms with E-state index in [1.165, 1.54) is 13.1 Å². The normalized spacial score (nSPS) is 11.4. The first kappa shape index (κ1) is 25.1. The largest absolute Gasteiger partial charge is 0.378 e. The van der Waals surface area contributed by atoms with E-state index in [2.05, 4.69) is 20.6 Å². The van der Waals surface area contributed by atoms with E-state index in [4.69, 9.17) is 23.2 Å². The highest BCUT2D eigenvalue weighted by molar-refractivity contribution is 7.86. The zero-order chi connectivity index (χ0) is 25.2. The van der Waals surface area contributed by atoms with E-state index in [0.717, 1.165) is 22.5 Å². The average molecular weight is 522 g/mol. The second kappa shape index (κ2) is 9.78. The number of carbonyl (C=O) groups excluding carboxylic acids is 1. The first-order valence-corrected chi connectivity index (χ1v) is 11.6. The van der Waals surface area contributed by atoms with Crippen LogP contribution < -0.4 is 10.2 Å². The van der Waals surface area contributed by atoms with E-state index in [0.29, 0.717) is 11.4 Å². The Morgan fingerprint density at radius 1 is 1.21 bits per heavy atom. The summed E-state index contributed by atoms with van der Waals surface area (Å²) in [5.74, 6) is -0.332. The molecule has 0 unspecified atom stereocenters. The molecule has 176 valence electrons. The van der Waals surface area contributed by atoms with Crippen LogP contribution in [0.15, 0.2) is 51.7 Å². The van der Waals surface area contributed by atoms with Crippen LogP contribution in [0, 0.1) is 11.3 Å². The molecule has 0 aliphatic carbocycles.